The molecule has 0 saturated carbocycles. The second-order valence-corrected chi connectivity index (χ2v) is 6.33. The Kier molecular flexibility index (Phi) is 4.60. The molecule has 0 aromatic carbocycles. The van der Waals surface area contributed by atoms with Crippen molar-refractivity contribution in [2.75, 3.05) is 13.1 Å². The molecule has 1 atom stereocenters. The van der Waals surface area contributed by atoms with Gasteiger partial charge in [-0.15, -0.1) is 11.3 Å². The summed E-state index contributed by atoms with van der Waals surface area (Å²) in [6.45, 7) is 1.71. The molecular weight excluding hydrogens is 282 g/mol. The van der Waals surface area contributed by atoms with Crippen LogP contribution in [0.1, 0.15) is 35.8 Å². The van der Waals surface area contributed by atoms with E-state index in [0.717, 1.165) is 32.4 Å². The van der Waals surface area contributed by atoms with E-state index in [9.17, 15) is 4.79 Å². The van der Waals surface area contributed by atoms with Crippen molar-refractivity contribution in [1.29, 1.82) is 0 Å². The standard InChI is InChI=1S/C16H19N3OS/c20-15(4-3-13-5-7-17-8-6-13)19-10-1-2-14(12-19)16-18-9-11-21-16/h5-9,11,14H,1-4,10,12H2/t14-/m0/s1. The molecule has 0 unspecified atom stereocenters. The lowest BCUT2D eigenvalue weighted by Gasteiger charge is -2.32. The molecule has 1 aliphatic rings. The van der Waals surface area contributed by atoms with Gasteiger partial charge in [0, 0.05) is 49.4 Å². The van der Waals surface area contributed by atoms with Gasteiger partial charge in [-0.3, -0.25) is 9.78 Å². The summed E-state index contributed by atoms with van der Waals surface area (Å²) in [5.74, 6) is 0.677. The molecular formula is C16H19N3OS. The summed E-state index contributed by atoms with van der Waals surface area (Å²) < 4.78 is 0. The van der Waals surface area contributed by atoms with Crippen LogP contribution in [0.4, 0.5) is 0 Å². The molecule has 4 nitrogen and oxygen atoms in total. The summed E-state index contributed by atoms with van der Waals surface area (Å²) in [4.78, 5) is 22.8. The average molecular weight is 301 g/mol. The molecule has 110 valence electrons. The first-order chi connectivity index (χ1) is 10.3. The molecule has 3 rings (SSSR count). The highest BCUT2D eigenvalue weighted by molar-refractivity contribution is 7.09. The molecule has 0 bridgehead atoms. The summed E-state index contributed by atoms with van der Waals surface area (Å²) >= 11 is 1.70. The Bertz CT molecular complexity index is 570. The number of thiazole rings is 1. The number of aryl methyl sites for hydroxylation is 1. The van der Waals surface area contributed by atoms with Crippen molar-refractivity contribution in [3.63, 3.8) is 0 Å². The van der Waals surface area contributed by atoms with Crippen LogP contribution >= 0.6 is 11.3 Å². The number of aromatic nitrogens is 2. The van der Waals surface area contributed by atoms with E-state index in [1.807, 2.05) is 28.6 Å². The zero-order valence-electron chi connectivity index (χ0n) is 11.9. The molecule has 0 spiro atoms. The van der Waals surface area contributed by atoms with E-state index in [-0.39, 0.29) is 5.91 Å². The van der Waals surface area contributed by atoms with Gasteiger partial charge in [-0.1, -0.05) is 0 Å². The Hall–Kier alpha value is -1.75. The van der Waals surface area contributed by atoms with Crippen LogP contribution in [0.2, 0.25) is 0 Å². The highest BCUT2D eigenvalue weighted by Gasteiger charge is 2.25. The Balaban J connectivity index is 1.55. The molecule has 0 N–H and O–H groups in total. The molecule has 1 aliphatic heterocycles. The second-order valence-electron chi connectivity index (χ2n) is 5.40. The van der Waals surface area contributed by atoms with Crippen molar-refractivity contribution in [2.45, 2.75) is 31.6 Å². The summed E-state index contributed by atoms with van der Waals surface area (Å²) in [6, 6.07) is 3.95. The third-order valence-corrected chi connectivity index (χ3v) is 4.89. The van der Waals surface area contributed by atoms with Gasteiger partial charge in [0.15, 0.2) is 0 Å². The molecule has 0 aliphatic carbocycles. The van der Waals surface area contributed by atoms with E-state index < -0.39 is 0 Å². The molecule has 1 saturated heterocycles. The van der Waals surface area contributed by atoms with Gasteiger partial charge in [0.2, 0.25) is 5.91 Å². The van der Waals surface area contributed by atoms with E-state index >= 15 is 0 Å². The quantitative estimate of drug-likeness (QED) is 0.872. The van der Waals surface area contributed by atoms with Gasteiger partial charge in [0.25, 0.3) is 0 Å². The zero-order chi connectivity index (χ0) is 14.5. The minimum atomic E-state index is 0.257. The first kappa shape index (κ1) is 14.2. The fraction of sp³-hybridized carbons (Fsp3) is 0.438. The van der Waals surface area contributed by atoms with Crippen molar-refractivity contribution >= 4 is 17.2 Å². The van der Waals surface area contributed by atoms with E-state index in [0.29, 0.717) is 12.3 Å². The smallest absolute Gasteiger partial charge is 0.222 e. The predicted molar refractivity (Wildman–Crippen MR) is 83.2 cm³/mol. The number of carbonyl (C=O) groups is 1. The minimum absolute atomic E-state index is 0.257. The van der Waals surface area contributed by atoms with Gasteiger partial charge in [-0.25, -0.2) is 4.98 Å². The lowest BCUT2D eigenvalue weighted by atomic mass is 9.98. The number of nitrogens with zero attached hydrogens (tertiary/aromatic N) is 3. The number of carbonyl (C=O) groups excluding carboxylic acids is 1. The van der Waals surface area contributed by atoms with Crippen LogP contribution in [0.15, 0.2) is 36.1 Å². The monoisotopic (exact) mass is 301 g/mol. The highest BCUT2D eigenvalue weighted by atomic mass is 32.1. The second kappa shape index (κ2) is 6.80. The van der Waals surface area contributed by atoms with Crippen LogP contribution in [-0.4, -0.2) is 33.9 Å². The highest BCUT2D eigenvalue weighted by Crippen LogP contribution is 2.28. The van der Waals surface area contributed by atoms with Crippen molar-refractivity contribution in [2.24, 2.45) is 0 Å². The summed E-state index contributed by atoms with van der Waals surface area (Å²) in [6.07, 6.45) is 8.99. The topological polar surface area (TPSA) is 46.1 Å². The summed E-state index contributed by atoms with van der Waals surface area (Å²) in [5.41, 5.74) is 1.17. The number of hydrogen-bond donors (Lipinski definition) is 0. The lowest BCUT2D eigenvalue weighted by Crippen LogP contribution is -2.39. The maximum atomic E-state index is 12.4. The number of rotatable bonds is 4. The molecule has 3 heterocycles. The maximum Gasteiger partial charge on any atom is 0.222 e. The van der Waals surface area contributed by atoms with Crippen LogP contribution in [-0.2, 0) is 11.2 Å². The number of hydrogen-bond acceptors (Lipinski definition) is 4. The zero-order valence-corrected chi connectivity index (χ0v) is 12.8. The first-order valence-corrected chi connectivity index (χ1v) is 8.27. The molecule has 2 aromatic rings. The Labute approximate surface area is 128 Å². The van der Waals surface area contributed by atoms with Crippen molar-refractivity contribution in [3.05, 3.63) is 46.7 Å². The van der Waals surface area contributed by atoms with Gasteiger partial charge in [0.1, 0.15) is 0 Å². The molecule has 0 radical (unpaired) electrons. The SMILES string of the molecule is O=C(CCc1ccncc1)N1CCC[C@H](c2nccs2)C1. The lowest BCUT2D eigenvalue weighted by molar-refractivity contribution is -0.132. The Morgan fingerprint density at radius 2 is 2.19 bits per heavy atom. The fourth-order valence-electron chi connectivity index (χ4n) is 2.80. The van der Waals surface area contributed by atoms with Crippen molar-refractivity contribution in [3.8, 4) is 0 Å². The van der Waals surface area contributed by atoms with Gasteiger partial charge in [0.05, 0.1) is 5.01 Å². The van der Waals surface area contributed by atoms with Gasteiger partial charge in [-0.05, 0) is 37.0 Å². The van der Waals surface area contributed by atoms with Crippen LogP contribution in [0, 0.1) is 0 Å². The van der Waals surface area contributed by atoms with Gasteiger partial charge in [-0.2, -0.15) is 0 Å². The number of likely N-dealkylation sites (tertiary alicyclic amines) is 1. The summed E-state index contributed by atoms with van der Waals surface area (Å²) in [7, 11) is 0. The van der Waals surface area contributed by atoms with E-state index in [1.54, 1.807) is 23.7 Å². The Morgan fingerprint density at radius 1 is 1.33 bits per heavy atom. The molecule has 5 heteroatoms. The van der Waals surface area contributed by atoms with Crippen molar-refractivity contribution in [1.82, 2.24) is 14.9 Å². The molecule has 21 heavy (non-hydrogen) atoms. The van der Waals surface area contributed by atoms with Crippen LogP contribution in [0.5, 0.6) is 0 Å². The Morgan fingerprint density at radius 3 is 2.95 bits per heavy atom. The normalized spacial score (nSPS) is 18.7. The first-order valence-electron chi connectivity index (χ1n) is 7.39. The number of pyridine rings is 1. The summed E-state index contributed by atoms with van der Waals surface area (Å²) in [5, 5.41) is 3.18. The maximum absolute atomic E-state index is 12.4. The van der Waals surface area contributed by atoms with Crippen LogP contribution < -0.4 is 0 Å². The van der Waals surface area contributed by atoms with Crippen molar-refractivity contribution < 1.29 is 4.79 Å². The third-order valence-electron chi connectivity index (χ3n) is 3.95. The van der Waals surface area contributed by atoms with E-state index in [4.69, 9.17) is 0 Å². The minimum Gasteiger partial charge on any atom is -0.342 e. The third kappa shape index (κ3) is 3.67. The number of piperidine rings is 1. The molecule has 1 fully saturated rings. The van der Waals surface area contributed by atoms with E-state index in [2.05, 4.69) is 9.97 Å². The largest absolute Gasteiger partial charge is 0.342 e. The van der Waals surface area contributed by atoms with Gasteiger partial charge >= 0.3 is 0 Å². The molecule has 2 aromatic heterocycles. The molecule has 1 amide bonds. The predicted octanol–water partition coefficient (Wildman–Crippen LogP) is 2.88. The van der Waals surface area contributed by atoms with Gasteiger partial charge < -0.3 is 4.90 Å². The average Bonchev–Trinajstić information content (AvgIpc) is 3.08. The number of amides is 1. The fourth-order valence-corrected chi connectivity index (χ4v) is 3.57. The van der Waals surface area contributed by atoms with Crippen LogP contribution in [0.3, 0.4) is 0 Å². The van der Waals surface area contributed by atoms with E-state index in [1.165, 1.54) is 10.6 Å². The van der Waals surface area contributed by atoms with Crippen LogP contribution in [0.25, 0.3) is 0 Å².